The molecule has 1 atom stereocenters. The van der Waals surface area contributed by atoms with Crippen LogP contribution in [0.2, 0.25) is 5.02 Å². The first-order valence-corrected chi connectivity index (χ1v) is 10.4. The molecule has 3 rings (SSSR count). The van der Waals surface area contributed by atoms with E-state index in [9.17, 15) is 14.0 Å². The van der Waals surface area contributed by atoms with Crippen LogP contribution < -0.4 is 5.32 Å². The van der Waals surface area contributed by atoms with Crippen molar-refractivity contribution in [3.63, 3.8) is 0 Å². The Morgan fingerprint density at radius 1 is 1.03 bits per heavy atom. The van der Waals surface area contributed by atoms with Crippen LogP contribution in [0.15, 0.2) is 66.7 Å². The fourth-order valence-corrected chi connectivity index (χ4v) is 3.80. The van der Waals surface area contributed by atoms with Crippen LogP contribution in [0.1, 0.15) is 40.0 Å². The van der Waals surface area contributed by atoms with Crippen molar-refractivity contribution in [1.29, 1.82) is 0 Å². The van der Waals surface area contributed by atoms with Gasteiger partial charge >= 0.3 is 0 Å². The number of halogens is 2. The second-order valence-corrected chi connectivity index (χ2v) is 7.68. The summed E-state index contributed by atoms with van der Waals surface area (Å²) >= 11 is 6.39. The highest BCUT2D eigenvalue weighted by Crippen LogP contribution is 2.31. The second-order valence-electron chi connectivity index (χ2n) is 7.27. The minimum Gasteiger partial charge on any atom is -0.325 e. The number of amides is 2. The highest BCUT2D eigenvalue weighted by molar-refractivity contribution is 6.31. The maximum atomic E-state index is 14.3. The zero-order chi connectivity index (χ0) is 22.5. The fourth-order valence-electron chi connectivity index (χ4n) is 3.56. The molecule has 0 saturated heterocycles. The number of nitrogens with one attached hydrogen (secondary N) is 1. The van der Waals surface area contributed by atoms with Crippen molar-refractivity contribution in [2.24, 2.45) is 0 Å². The molecule has 0 aromatic heterocycles. The minimum absolute atomic E-state index is 0.111. The molecular weight excluding hydrogens is 415 g/mol. The van der Waals surface area contributed by atoms with E-state index in [1.54, 1.807) is 30.3 Å². The van der Waals surface area contributed by atoms with Gasteiger partial charge in [-0.25, -0.2) is 4.39 Å². The van der Waals surface area contributed by atoms with E-state index in [2.05, 4.69) is 5.32 Å². The first kappa shape index (κ1) is 22.5. The van der Waals surface area contributed by atoms with E-state index >= 15 is 0 Å². The lowest BCUT2D eigenvalue weighted by Gasteiger charge is -2.29. The number of para-hydroxylation sites is 1. The first-order valence-electron chi connectivity index (χ1n) is 10.0. The molecule has 0 aliphatic rings. The number of carbonyl (C=O) groups excluding carboxylic acids is 2. The molecule has 0 aliphatic heterocycles. The number of carbonyl (C=O) groups is 2. The Labute approximate surface area is 186 Å². The van der Waals surface area contributed by atoms with Crippen LogP contribution in [-0.2, 0) is 11.2 Å². The number of nitrogens with zero attached hydrogens (tertiary/aromatic N) is 1. The normalized spacial score (nSPS) is 11.6. The first-order chi connectivity index (χ1) is 14.8. The van der Waals surface area contributed by atoms with Crippen molar-refractivity contribution in [2.45, 2.75) is 26.3 Å². The van der Waals surface area contributed by atoms with Crippen molar-refractivity contribution in [1.82, 2.24) is 4.90 Å². The van der Waals surface area contributed by atoms with Crippen molar-refractivity contribution in [3.8, 4) is 0 Å². The van der Waals surface area contributed by atoms with Gasteiger partial charge in [-0.15, -0.1) is 0 Å². The number of anilines is 1. The van der Waals surface area contributed by atoms with Gasteiger partial charge in [0.2, 0.25) is 0 Å². The lowest BCUT2D eigenvalue weighted by atomic mass is 10.0. The Morgan fingerprint density at radius 2 is 1.71 bits per heavy atom. The lowest BCUT2D eigenvalue weighted by molar-refractivity contribution is -0.120. The van der Waals surface area contributed by atoms with Gasteiger partial charge in [0.1, 0.15) is 11.9 Å². The van der Waals surface area contributed by atoms with Crippen molar-refractivity contribution in [2.75, 3.05) is 12.4 Å². The molecule has 0 aliphatic carbocycles. The van der Waals surface area contributed by atoms with E-state index in [0.29, 0.717) is 16.3 Å². The van der Waals surface area contributed by atoms with Crippen molar-refractivity contribution in [3.05, 3.63) is 99.8 Å². The Morgan fingerprint density at radius 3 is 2.39 bits per heavy atom. The average Bonchev–Trinajstić information content (AvgIpc) is 2.76. The van der Waals surface area contributed by atoms with Gasteiger partial charge in [0, 0.05) is 23.3 Å². The van der Waals surface area contributed by atoms with E-state index in [0.717, 1.165) is 17.5 Å². The SMILES string of the molecule is CCc1cccc(C)c1NC(=O)[C@@H](c1ccccc1Cl)N(C)C(=O)c1ccccc1F. The lowest BCUT2D eigenvalue weighted by Crippen LogP contribution is -2.39. The van der Waals surface area contributed by atoms with Gasteiger partial charge in [-0.1, -0.05) is 67.1 Å². The van der Waals surface area contributed by atoms with E-state index in [-0.39, 0.29) is 5.56 Å². The third-order valence-electron chi connectivity index (χ3n) is 5.25. The highest BCUT2D eigenvalue weighted by atomic mass is 35.5. The summed E-state index contributed by atoms with van der Waals surface area (Å²) in [6.45, 7) is 3.91. The molecule has 0 heterocycles. The number of rotatable bonds is 6. The number of hydrogen-bond donors (Lipinski definition) is 1. The quantitative estimate of drug-likeness (QED) is 0.528. The second kappa shape index (κ2) is 9.75. The van der Waals surface area contributed by atoms with Crippen LogP contribution in [0.4, 0.5) is 10.1 Å². The maximum absolute atomic E-state index is 14.3. The molecule has 4 nitrogen and oxygen atoms in total. The largest absolute Gasteiger partial charge is 0.325 e. The fraction of sp³-hybridized carbons (Fsp3) is 0.200. The summed E-state index contributed by atoms with van der Waals surface area (Å²) in [5, 5.41) is 3.32. The molecule has 0 unspecified atom stereocenters. The number of benzene rings is 3. The predicted molar refractivity (Wildman–Crippen MR) is 122 cm³/mol. The van der Waals surface area contributed by atoms with Gasteiger partial charge < -0.3 is 10.2 Å². The zero-order valence-electron chi connectivity index (χ0n) is 17.7. The minimum atomic E-state index is -1.05. The summed E-state index contributed by atoms with van der Waals surface area (Å²) < 4.78 is 14.3. The summed E-state index contributed by atoms with van der Waals surface area (Å²) in [4.78, 5) is 27.8. The molecule has 2 amide bonds. The molecule has 0 bridgehead atoms. The molecule has 3 aromatic rings. The molecular formula is C25H24ClFN2O2. The number of likely N-dealkylation sites (N-methyl/N-ethyl adjacent to an activating group) is 1. The van der Waals surface area contributed by atoms with Crippen LogP contribution >= 0.6 is 11.6 Å². The van der Waals surface area contributed by atoms with Gasteiger partial charge in [0.15, 0.2) is 0 Å². The Kier molecular flexibility index (Phi) is 7.08. The summed E-state index contributed by atoms with van der Waals surface area (Å²) in [5.74, 6) is -1.69. The average molecular weight is 439 g/mol. The number of aryl methyl sites for hydroxylation is 2. The van der Waals surface area contributed by atoms with Gasteiger partial charge in [-0.3, -0.25) is 9.59 Å². The van der Waals surface area contributed by atoms with Crippen LogP contribution in [0.3, 0.4) is 0 Å². The van der Waals surface area contributed by atoms with Crippen molar-refractivity contribution < 1.29 is 14.0 Å². The van der Waals surface area contributed by atoms with Gasteiger partial charge in [0.25, 0.3) is 11.8 Å². The Bertz CT molecular complexity index is 1120. The standard InChI is InChI=1S/C25H24ClFN2O2/c1-4-17-11-9-10-16(2)22(17)28-24(30)23(18-12-5-7-14-20(18)26)29(3)25(31)19-13-6-8-15-21(19)27/h5-15,23H,4H2,1-3H3,(H,28,30)/t23-/m1/s1. The van der Waals surface area contributed by atoms with Gasteiger partial charge in [0.05, 0.1) is 5.56 Å². The third kappa shape index (κ3) is 4.78. The van der Waals surface area contributed by atoms with E-state index in [4.69, 9.17) is 11.6 Å². The van der Waals surface area contributed by atoms with Gasteiger partial charge in [-0.05, 0) is 42.7 Å². The molecule has 1 N–H and O–H groups in total. The zero-order valence-corrected chi connectivity index (χ0v) is 18.4. The van der Waals surface area contributed by atoms with Crippen LogP contribution in [0.5, 0.6) is 0 Å². The summed E-state index contributed by atoms with van der Waals surface area (Å²) in [7, 11) is 1.47. The summed E-state index contributed by atoms with van der Waals surface area (Å²) in [6.07, 6.45) is 0.734. The highest BCUT2D eigenvalue weighted by Gasteiger charge is 2.32. The predicted octanol–water partition coefficient (Wildman–Crippen LogP) is 5.80. The van der Waals surface area contributed by atoms with E-state index in [1.807, 2.05) is 32.0 Å². The van der Waals surface area contributed by atoms with E-state index in [1.165, 1.54) is 30.1 Å². The van der Waals surface area contributed by atoms with Gasteiger partial charge in [-0.2, -0.15) is 0 Å². The summed E-state index contributed by atoms with van der Waals surface area (Å²) in [6, 6.07) is 17.3. The van der Waals surface area contributed by atoms with Crippen LogP contribution in [-0.4, -0.2) is 23.8 Å². The monoisotopic (exact) mass is 438 g/mol. The molecule has 0 saturated carbocycles. The third-order valence-corrected chi connectivity index (χ3v) is 5.59. The topological polar surface area (TPSA) is 49.4 Å². The molecule has 6 heteroatoms. The Balaban J connectivity index is 2.04. The van der Waals surface area contributed by atoms with Crippen LogP contribution in [0, 0.1) is 12.7 Å². The molecule has 3 aromatic carbocycles. The van der Waals surface area contributed by atoms with Crippen LogP contribution in [0.25, 0.3) is 0 Å². The molecule has 0 radical (unpaired) electrons. The molecule has 31 heavy (non-hydrogen) atoms. The van der Waals surface area contributed by atoms with Crippen molar-refractivity contribution >= 4 is 29.1 Å². The molecule has 0 spiro atoms. The summed E-state index contributed by atoms with van der Waals surface area (Å²) in [5.41, 5.74) is 2.95. The molecule has 0 fully saturated rings. The smallest absolute Gasteiger partial charge is 0.257 e. The Hall–Kier alpha value is -3.18. The number of hydrogen-bond acceptors (Lipinski definition) is 2. The maximum Gasteiger partial charge on any atom is 0.257 e. The molecule has 160 valence electrons. The van der Waals surface area contributed by atoms with E-state index < -0.39 is 23.7 Å².